The number of rotatable bonds is 3. The molecule has 1 atom stereocenters. The Hall–Kier alpha value is -0.650. The molecule has 0 radical (unpaired) electrons. The van der Waals surface area contributed by atoms with E-state index in [2.05, 4.69) is 14.5 Å². The van der Waals surface area contributed by atoms with Crippen LogP contribution >= 0.6 is 12.2 Å². The Balaban J connectivity index is 1.81. The van der Waals surface area contributed by atoms with Crippen molar-refractivity contribution in [3.8, 4) is 0 Å². The normalized spacial score (nSPS) is 26.4. The van der Waals surface area contributed by atoms with Crippen molar-refractivity contribution >= 4 is 12.2 Å². The quantitative estimate of drug-likeness (QED) is 0.785. The van der Waals surface area contributed by atoms with Crippen molar-refractivity contribution in [1.82, 2.24) is 14.5 Å². The first-order valence-electron chi connectivity index (χ1n) is 5.93. The van der Waals surface area contributed by atoms with Gasteiger partial charge in [0.05, 0.1) is 18.3 Å². The van der Waals surface area contributed by atoms with E-state index in [0.29, 0.717) is 6.04 Å². The average molecular weight is 239 g/mol. The molecule has 1 aromatic heterocycles. The number of aliphatic hydroxyl groups is 1. The van der Waals surface area contributed by atoms with Gasteiger partial charge in [-0.25, -0.2) is 0 Å². The number of nitrogens with one attached hydrogen (secondary N) is 1. The van der Waals surface area contributed by atoms with Gasteiger partial charge in [-0.15, -0.1) is 0 Å². The van der Waals surface area contributed by atoms with E-state index in [1.807, 2.05) is 6.20 Å². The predicted octanol–water partition coefficient (Wildman–Crippen LogP) is 1.45. The van der Waals surface area contributed by atoms with Gasteiger partial charge >= 0.3 is 0 Å². The molecule has 88 valence electrons. The zero-order valence-electron chi connectivity index (χ0n) is 9.22. The summed E-state index contributed by atoms with van der Waals surface area (Å²) in [7, 11) is 0. The van der Waals surface area contributed by atoms with Crippen LogP contribution in [0.3, 0.4) is 0 Å². The Kier molecular flexibility index (Phi) is 2.61. The Labute approximate surface area is 99.9 Å². The molecule has 2 aliphatic rings. The third kappa shape index (κ3) is 1.73. The Morgan fingerprint density at radius 1 is 1.38 bits per heavy atom. The van der Waals surface area contributed by atoms with Crippen molar-refractivity contribution in [3.63, 3.8) is 0 Å². The fourth-order valence-electron chi connectivity index (χ4n) is 2.69. The first-order chi connectivity index (χ1) is 7.79. The molecular formula is C11H17N3OS. The molecule has 0 spiro atoms. The molecule has 1 unspecified atom stereocenters. The lowest BCUT2D eigenvalue weighted by Gasteiger charge is -2.17. The molecule has 1 saturated carbocycles. The molecule has 1 aliphatic heterocycles. The zero-order valence-corrected chi connectivity index (χ0v) is 10.0. The van der Waals surface area contributed by atoms with Crippen LogP contribution in [0.2, 0.25) is 0 Å². The average Bonchev–Trinajstić information content (AvgIpc) is 2.91. The molecule has 16 heavy (non-hydrogen) atoms. The largest absolute Gasteiger partial charge is 0.390 e. The van der Waals surface area contributed by atoms with E-state index in [9.17, 15) is 5.11 Å². The van der Waals surface area contributed by atoms with Crippen LogP contribution in [0.25, 0.3) is 0 Å². The highest BCUT2D eigenvalue weighted by atomic mass is 32.1. The summed E-state index contributed by atoms with van der Waals surface area (Å²) >= 11 is 5.27. The number of H-pyrrole nitrogens is 1. The minimum Gasteiger partial charge on any atom is -0.390 e. The Bertz CT molecular complexity index is 435. The molecule has 2 N–H and O–H groups in total. The molecule has 1 aliphatic carbocycles. The first kappa shape index (κ1) is 10.5. The van der Waals surface area contributed by atoms with E-state index < -0.39 is 0 Å². The SMILES string of the molecule is OCc1c[nH]c(=S)n1C1CCN(C2CC2)C1. The predicted molar refractivity (Wildman–Crippen MR) is 63.8 cm³/mol. The van der Waals surface area contributed by atoms with Gasteiger partial charge in [-0.1, -0.05) is 0 Å². The standard InChI is InChI=1S/C11H17N3OS/c15-7-10-5-12-11(16)14(10)9-3-4-13(6-9)8-1-2-8/h5,8-9,15H,1-4,6-7H2,(H,12,16). The van der Waals surface area contributed by atoms with Crippen LogP contribution in [0, 0.1) is 4.77 Å². The van der Waals surface area contributed by atoms with Crippen molar-refractivity contribution < 1.29 is 5.11 Å². The molecule has 2 heterocycles. The lowest BCUT2D eigenvalue weighted by atomic mass is 10.2. The van der Waals surface area contributed by atoms with Crippen LogP contribution in [0.5, 0.6) is 0 Å². The monoisotopic (exact) mass is 239 g/mol. The van der Waals surface area contributed by atoms with Crippen LogP contribution in [0.1, 0.15) is 31.0 Å². The topological polar surface area (TPSA) is 44.2 Å². The second kappa shape index (κ2) is 3.98. The number of likely N-dealkylation sites (tertiary alicyclic amines) is 1. The highest BCUT2D eigenvalue weighted by molar-refractivity contribution is 7.71. The molecule has 3 rings (SSSR count). The van der Waals surface area contributed by atoms with Crippen molar-refractivity contribution in [3.05, 3.63) is 16.7 Å². The van der Waals surface area contributed by atoms with Gasteiger partial charge in [0, 0.05) is 25.3 Å². The van der Waals surface area contributed by atoms with E-state index in [1.54, 1.807) is 0 Å². The number of nitrogens with zero attached hydrogens (tertiary/aromatic N) is 2. The number of hydrogen-bond donors (Lipinski definition) is 2. The van der Waals surface area contributed by atoms with Gasteiger partial charge in [0.15, 0.2) is 4.77 Å². The van der Waals surface area contributed by atoms with Crippen LogP contribution in [-0.2, 0) is 6.61 Å². The van der Waals surface area contributed by atoms with E-state index in [-0.39, 0.29) is 6.61 Å². The molecule has 0 bridgehead atoms. The third-order valence-corrected chi connectivity index (χ3v) is 3.99. The fourth-order valence-corrected chi connectivity index (χ4v) is 3.01. The maximum absolute atomic E-state index is 9.28. The molecule has 0 amide bonds. The lowest BCUT2D eigenvalue weighted by molar-refractivity contribution is 0.262. The first-order valence-corrected chi connectivity index (χ1v) is 6.34. The van der Waals surface area contributed by atoms with Crippen molar-refractivity contribution in [2.45, 2.75) is 38.0 Å². The minimum absolute atomic E-state index is 0.0626. The summed E-state index contributed by atoms with van der Waals surface area (Å²) in [6.07, 6.45) is 5.69. The van der Waals surface area contributed by atoms with Crippen LogP contribution in [0.4, 0.5) is 0 Å². The summed E-state index contributed by atoms with van der Waals surface area (Å²) in [5.41, 5.74) is 0.910. The van der Waals surface area contributed by atoms with Gasteiger partial charge in [-0.05, 0) is 31.5 Å². The van der Waals surface area contributed by atoms with Gasteiger partial charge in [0.2, 0.25) is 0 Å². The number of aromatic amines is 1. The molecule has 4 nitrogen and oxygen atoms in total. The van der Waals surface area contributed by atoms with Gasteiger partial charge in [-0.2, -0.15) is 0 Å². The second-order valence-corrected chi connectivity index (χ2v) is 5.17. The lowest BCUT2D eigenvalue weighted by Crippen LogP contribution is -2.24. The van der Waals surface area contributed by atoms with Crippen molar-refractivity contribution in [1.29, 1.82) is 0 Å². The molecule has 2 fully saturated rings. The maximum atomic E-state index is 9.28. The van der Waals surface area contributed by atoms with E-state index >= 15 is 0 Å². The molecule has 0 aromatic carbocycles. The Morgan fingerprint density at radius 3 is 2.88 bits per heavy atom. The smallest absolute Gasteiger partial charge is 0.177 e. The fraction of sp³-hybridized carbons (Fsp3) is 0.727. The van der Waals surface area contributed by atoms with E-state index in [1.165, 1.54) is 19.4 Å². The van der Waals surface area contributed by atoms with Crippen LogP contribution < -0.4 is 0 Å². The molecular weight excluding hydrogens is 222 g/mol. The van der Waals surface area contributed by atoms with Gasteiger partial charge < -0.3 is 14.7 Å². The minimum atomic E-state index is 0.0626. The summed E-state index contributed by atoms with van der Waals surface area (Å²) in [5, 5.41) is 9.28. The Morgan fingerprint density at radius 2 is 2.19 bits per heavy atom. The number of aromatic nitrogens is 2. The van der Waals surface area contributed by atoms with E-state index in [0.717, 1.165) is 29.5 Å². The molecule has 1 saturated heterocycles. The summed E-state index contributed by atoms with van der Waals surface area (Å²) in [4.78, 5) is 5.58. The highest BCUT2D eigenvalue weighted by Gasteiger charge is 2.35. The summed E-state index contributed by atoms with van der Waals surface area (Å²) in [6, 6.07) is 1.28. The van der Waals surface area contributed by atoms with Gasteiger partial charge in [-0.3, -0.25) is 4.90 Å². The van der Waals surface area contributed by atoms with Crippen molar-refractivity contribution in [2.24, 2.45) is 0 Å². The number of aliphatic hydroxyl groups excluding tert-OH is 1. The second-order valence-electron chi connectivity index (χ2n) is 4.78. The number of imidazole rings is 1. The summed E-state index contributed by atoms with van der Waals surface area (Å²) in [6.45, 7) is 2.32. The highest BCUT2D eigenvalue weighted by Crippen LogP contribution is 2.33. The maximum Gasteiger partial charge on any atom is 0.177 e. The van der Waals surface area contributed by atoms with Gasteiger partial charge in [0.25, 0.3) is 0 Å². The van der Waals surface area contributed by atoms with E-state index in [4.69, 9.17) is 12.2 Å². The summed E-state index contributed by atoms with van der Waals surface area (Å²) in [5.74, 6) is 0. The third-order valence-electron chi connectivity index (χ3n) is 3.68. The number of hydrogen-bond acceptors (Lipinski definition) is 3. The van der Waals surface area contributed by atoms with Crippen molar-refractivity contribution in [2.75, 3.05) is 13.1 Å². The van der Waals surface area contributed by atoms with Crippen LogP contribution in [0.15, 0.2) is 6.20 Å². The van der Waals surface area contributed by atoms with Crippen LogP contribution in [-0.4, -0.2) is 38.7 Å². The molecule has 1 aromatic rings. The molecule has 5 heteroatoms. The summed E-state index contributed by atoms with van der Waals surface area (Å²) < 4.78 is 2.84. The van der Waals surface area contributed by atoms with Gasteiger partial charge in [0.1, 0.15) is 0 Å². The zero-order chi connectivity index (χ0) is 11.1.